The summed E-state index contributed by atoms with van der Waals surface area (Å²) in [7, 11) is 1.48. The summed E-state index contributed by atoms with van der Waals surface area (Å²) in [6, 6.07) is 5.83. The van der Waals surface area contributed by atoms with Crippen molar-refractivity contribution in [1.29, 1.82) is 0 Å². The van der Waals surface area contributed by atoms with Crippen LogP contribution < -0.4 is 14.2 Å². The Balaban J connectivity index is 1.85. The Labute approximate surface area is 124 Å². The lowest BCUT2D eigenvalue weighted by Gasteiger charge is -2.18. The number of benzene rings is 1. The highest BCUT2D eigenvalue weighted by molar-refractivity contribution is 7.99. The number of aromatic nitrogens is 3. The third kappa shape index (κ3) is 2.88. The van der Waals surface area contributed by atoms with Gasteiger partial charge in [0.2, 0.25) is 5.28 Å². The average molecular weight is 312 g/mol. The lowest BCUT2D eigenvalue weighted by atomic mass is 10.3. The van der Waals surface area contributed by atoms with Gasteiger partial charge in [-0.3, -0.25) is 0 Å². The minimum absolute atomic E-state index is 0.0943. The average Bonchev–Trinajstić information content (AvgIpc) is 2.46. The van der Waals surface area contributed by atoms with Gasteiger partial charge in [-0.05, 0) is 41.6 Å². The molecular weight excluding hydrogens is 302 g/mol. The van der Waals surface area contributed by atoms with Crippen LogP contribution in [0.25, 0.3) is 0 Å². The Kier molecular flexibility index (Phi) is 3.79. The van der Waals surface area contributed by atoms with E-state index in [0.717, 1.165) is 10.6 Å². The topological polar surface area (TPSA) is 66.4 Å². The van der Waals surface area contributed by atoms with Crippen LogP contribution in [0.3, 0.4) is 0 Å². The third-order valence-corrected chi connectivity index (χ3v) is 3.50. The van der Waals surface area contributed by atoms with E-state index in [-0.39, 0.29) is 11.3 Å². The molecule has 1 aromatic heterocycles. The van der Waals surface area contributed by atoms with Crippen molar-refractivity contribution in [3.63, 3.8) is 0 Å². The molecule has 0 N–H and O–H groups in total. The van der Waals surface area contributed by atoms with Crippen LogP contribution >= 0.6 is 23.4 Å². The molecule has 3 rings (SSSR count). The maximum absolute atomic E-state index is 5.81. The lowest BCUT2D eigenvalue weighted by molar-refractivity contribution is 0.171. The first kappa shape index (κ1) is 13.3. The summed E-state index contributed by atoms with van der Waals surface area (Å²) in [5.41, 5.74) is 0. The monoisotopic (exact) mass is 311 g/mol. The second-order valence-electron chi connectivity index (χ2n) is 3.78. The standard InChI is InChI=1S/C12H10ClN3O3S/c1-17-11-14-10(13)15-12(16-11)20-7-2-3-8-9(6-7)19-5-4-18-8/h2-3,6H,4-5H2,1H3. The van der Waals surface area contributed by atoms with Crippen LogP contribution in [-0.2, 0) is 0 Å². The first-order valence-corrected chi connectivity index (χ1v) is 6.97. The van der Waals surface area contributed by atoms with E-state index in [2.05, 4.69) is 15.0 Å². The summed E-state index contributed by atoms with van der Waals surface area (Å²) >= 11 is 7.15. The number of methoxy groups -OCH3 is 1. The van der Waals surface area contributed by atoms with Crippen molar-refractivity contribution < 1.29 is 14.2 Å². The van der Waals surface area contributed by atoms with Gasteiger partial charge >= 0.3 is 6.01 Å². The van der Waals surface area contributed by atoms with Gasteiger partial charge in [-0.25, -0.2) is 0 Å². The number of rotatable bonds is 3. The quantitative estimate of drug-likeness (QED) is 0.862. The zero-order valence-electron chi connectivity index (χ0n) is 10.5. The fourth-order valence-corrected chi connectivity index (χ4v) is 2.62. The molecule has 0 amide bonds. The van der Waals surface area contributed by atoms with E-state index in [4.69, 9.17) is 25.8 Å². The largest absolute Gasteiger partial charge is 0.486 e. The number of fused-ring (bicyclic) bond motifs is 1. The molecule has 1 aliphatic heterocycles. The molecule has 0 radical (unpaired) electrons. The molecule has 8 heteroatoms. The fourth-order valence-electron chi connectivity index (χ4n) is 1.64. The molecule has 2 heterocycles. The van der Waals surface area contributed by atoms with Crippen molar-refractivity contribution in [2.75, 3.05) is 20.3 Å². The van der Waals surface area contributed by atoms with Crippen molar-refractivity contribution >= 4 is 23.4 Å². The van der Waals surface area contributed by atoms with E-state index in [9.17, 15) is 0 Å². The zero-order chi connectivity index (χ0) is 13.9. The second kappa shape index (κ2) is 5.72. The number of nitrogens with zero attached hydrogens (tertiary/aromatic N) is 3. The molecule has 6 nitrogen and oxygen atoms in total. The van der Waals surface area contributed by atoms with Gasteiger partial charge < -0.3 is 14.2 Å². The SMILES string of the molecule is COc1nc(Cl)nc(Sc2ccc3c(c2)OCCO3)n1. The van der Waals surface area contributed by atoms with Gasteiger partial charge in [-0.1, -0.05) is 0 Å². The van der Waals surface area contributed by atoms with Crippen LogP contribution in [0.2, 0.25) is 5.28 Å². The van der Waals surface area contributed by atoms with Crippen LogP contribution in [0.15, 0.2) is 28.3 Å². The van der Waals surface area contributed by atoms with E-state index in [1.807, 2.05) is 18.2 Å². The van der Waals surface area contributed by atoms with Gasteiger partial charge in [0.1, 0.15) is 13.2 Å². The first-order valence-electron chi connectivity index (χ1n) is 5.77. The van der Waals surface area contributed by atoms with Crippen molar-refractivity contribution in [1.82, 2.24) is 15.0 Å². The Morgan fingerprint density at radius 3 is 2.75 bits per heavy atom. The molecule has 0 saturated heterocycles. The molecule has 1 aromatic carbocycles. The third-order valence-electron chi connectivity index (χ3n) is 2.47. The molecule has 104 valence electrons. The zero-order valence-corrected chi connectivity index (χ0v) is 12.1. The van der Waals surface area contributed by atoms with Gasteiger partial charge in [0.25, 0.3) is 0 Å². The van der Waals surface area contributed by atoms with Crippen LogP contribution in [0.5, 0.6) is 17.5 Å². The van der Waals surface area contributed by atoms with Crippen LogP contribution in [0.4, 0.5) is 0 Å². The number of halogens is 1. The minimum atomic E-state index is 0.0943. The van der Waals surface area contributed by atoms with Crippen LogP contribution in [0.1, 0.15) is 0 Å². The Morgan fingerprint density at radius 1 is 1.15 bits per heavy atom. The lowest BCUT2D eigenvalue weighted by Crippen LogP contribution is -2.15. The van der Waals surface area contributed by atoms with Crippen molar-refractivity contribution in [3.8, 4) is 17.5 Å². The van der Waals surface area contributed by atoms with Gasteiger partial charge in [0.05, 0.1) is 7.11 Å². The summed E-state index contributed by atoms with van der Waals surface area (Å²) in [4.78, 5) is 12.9. The Hall–Kier alpha value is -1.73. The first-order chi connectivity index (χ1) is 9.74. The predicted molar refractivity (Wildman–Crippen MR) is 72.9 cm³/mol. The summed E-state index contributed by atoms with van der Waals surface area (Å²) in [6.07, 6.45) is 0. The van der Waals surface area contributed by atoms with E-state index >= 15 is 0 Å². The van der Waals surface area contributed by atoms with Crippen LogP contribution in [-0.4, -0.2) is 35.3 Å². The second-order valence-corrected chi connectivity index (χ2v) is 5.16. The molecular formula is C12H10ClN3O3S. The molecule has 0 atom stereocenters. The molecule has 0 fully saturated rings. The van der Waals surface area contributed by atoms with E-state index < -0.39 is 0 Å². The molecule has 0 spiro atoms. The highest BCUT2D eigenvalue weighted by Crippen LogP contribution is 2.36. The van der Waals surface area contributed by atoms with Crippen molar-refractivity contribution in [3.05, 3.63) is 23.5 Å². The molecule has 20 heavy (non-hydrogen) atoms. The normalized spacial score (nSPS) is 13.1. The van der Waals surface area contributed by atoms with Gasteiger partial charge in [0.15, 0.2) is 16.7 Å². The summed E-state index contributed by atoms with van der Waals surface area (Å²) in [5.74, 6) is 1.46. The smallest absolute Gasteiger partial charge is 0.321 e. The molecule has 0 bridgehead atoms. The van der Waals surface area contributed by atoms with Crippen molar-refractivity contribution in [2.45, 2.75) is 10.1 Å². The van der Waals surface area contributed by atoms with Crippen LogP contribution in [0, 0.1) is 0 Å². The number of hydrogen-bond donors (Lipinski definition) is 0. The molecule has 1 aliphatic rings. The van der Waals surface area contributed by atoms with Gasteiger partial charge in [0, 0.05) is 4.90 Å². The fraction of sp³-hybridized carbons (Fsp3) is 0.250. The number of ether oxygens (including phenoxy) is 3. The Bertz CT molecular complexity index is 641. The van der Waals surface area contributed by atoms with Gasteiger partial charge in [-0.2, -0.15) is 15.0 Å². The summed E-state index contributed by atoms with van der Waals surface area (Å²) in [5, 5.41) is 0.551. The van der Waals surface area contributed by atoms with E-state index in [1.165, 1.54) is 18.9 Å². The summed E-state index contributed by atoms with van der Waals surface area (Å²) in [6.45, 7) is 1.12. The molecule has 0 saturated carbocycles. The predicted octanol–water partition coefficient (Wildman–Crippen LogP) is 2.46. The molecule has 0 unspecified atom stereocenters. The minimum Gasteiger partial charge on any atom is -0.486 e. The molecule has 0 aliphatic carbocycles. The maximum Gasteiger partial charge on any atom is 0.321 e. The molecule has 2 aromatic rings. The highest BCUT2D eigenvalue weighted by atomic mass is 35.5. The Morgan fingerprint density at radius 2 is 1.95 bits per heavy atom. The summed E-state index contributed by atoms with van der Waals surface area (Å²) < 4.78 is 16.0. The van der Waals surface area contributed by atoms with E-state index in [1.54, 1.807) is 0 Å². The van der Waals surface area contributed by atoms with Crippen molar-refractivity contribution in [2.24, 2.45) is 0 Å². The number of hydrogen-bond acceptors (Lipinski definition) is 7. The van der Waals surface area contributed by atoms with Gasteiger partial charge in [-0.15, -0.1) is 0 Å². The maximum atomic E-state index is 5.81. The highest BCUT2D eigenvalue weighted by Gasteiger charge is 2.13. The van der Waals surface area contributed by atoms with E-state index in [0.29, 0.717) is 24.1 Å².